The minimum atomic E-state index is -0.540. The Hall–Kier alpha value is -1.71. The number of hydrogen-bond donors (Lipinski definition) is 1. The van der Waals surface area contributed by atoms with Crippen LogP contribution in [-0.2, 0) is 6.42 Å². The molecule has 0 bridgehead atoms. The van der Waals surface area contributed by atoms with E-state index in [-0.39, 0.29) is 0 Å². The SMILES string of the molecule is Cc1cc(C(O)Cc2cccs2)nc2ccccc12. The molecule has 1 atom stereocenters. The van der Waals surface area contributed by atoms with E-state index in [4.69, 9.17) is 0 Å². The highest BCUT2D eigenvalue weighted by Crippen LogP contribution is 2.24. The number of thiophene rings is 1. The Kier molecular flexibility index (Phi) is 3.32. The molecule has 1 unspecified atom stereocenters. The van der Waals surface area contributed by atoms with Crippen LogP contribution in [0.1, 0.15) is 22.2 Å². The number of fused-ring (bicyclic) bond motifs is 1. The van der Waals surface area contributed by atoms with Crippen molar-refractivity contribution in [3.05, 3.63) is 64.0 Å². The zero-order valence-corrected chi connectivity index (χ0v) is 11.5. The van der Waals surface area contributed by atoms with Gasteiger partial charge in [0.05, 0.1) is 11.2 Å². The Morgan fingerprint density at radius 1 is 1.21 bits per heavy atom. The zero-order valence-electron chi connectivity index (χ0n) is 10.7. The second-order valence-electron chi connectivity index (χ2n) is 4.68. The van der Waals surface area contributed by atoms with Crippen molar-refractivity contribution in [1.29, 1.82) is 0 Å². The maximum atomic E-state index is 10.3. The highest BCUT2D eigenvalue weighted by molar-refractivity contribution is 7.09. The Morgan fingerprint density at radius 2 is 2.05 bits per heavy atom. The summed E-state index contributed by atoms with van der Waals surface area (Å²) in [5.41, 5.74) is 2.86. The first-order chi connectivity index (χ1) is 9.24. The van der Waals surface area contributed by atoms with Crippen LogP contribution in [0.15, 0.2) is 47.8 Å². The minimum Gasteiger partial charge on any atom is -0.386 e. The van der Waals surface area contributed by atoms with E-state index in [1.165, 1.54) is 4.88 Å². The highest BCUT2D eigenvalue weighted by Gasteiger charge is 2.12. The topological polar surface area (TPSA) is 33.1 Å². The van der Waals surface area contributed by atoms with Gasteiger partial charge in [0.15, 0.2) is 0 Å². The third-order valence-corrected chi connectivity index (χ3v) is 4.16. The lowest BCUT2D eigenvalue weighted by Crippen LogP contribution is -2.04. The van der Waals surface area contributed by atoms with Gasteiger partial charge in [-0.25, -0.2) is 0 Å². The summed E-state index contributed by atoms with van der Waals surface area (Å²) in [4.78, 5) is 5.75. The van der Waals surface area contributed by atoms with Gasteiger partial charge in [0.1, 0.15) is 6.10 Å². The van der Waals surface area contributed by atoms with Gasteiger partial charge < -0.3 is 5.11 Å². The molecule has 0 amide bonds. The van der Waals surface area contributed by atoms with Crippen LogP contribution in [-0.4, -0.2) is 10.1 Å². The molecule has 1 N–H and O–H groups in total. The normalized spacial score (nSPS) is 12.7. The molecule has 0 radical (unpaired) electrons. The summed E-state index contributed by atoms with van der Waals surface area (Å²) in [6, 6.07) is 14.1. The molecule has 0 aliphatic rings. The minimum absolute atomic E-state index is 0.540. The first-order valence-electron chi connectivity index (χ1n) is 6.31. The van der Waals surface area contributed by atoms with Gasteiger partial charge in [-0.1, -0.05) is 24.3 Å². The summed E-state index contributed by atoms with van der Waals surface area (Å²) in [6.45, 7) is 2.06. The van der Waals surface area contributed by atoms with Gasteiger partial charge in [-0.3, -0.25) is 4.98 Å². The Morgan fingerprint density at radius 3 is 2.84 bits per heavy atom. The molecule has 0 aliphatic heterocycles. The fraction of sp³-hybridized carbons (Fsp3) is 0.188. The summed E-state index contributed by atoms with van der Waals surface area (Å²) < 4.78 is 0. The Balaban J connectivity index is 1.96. The van der Waals surface area contributed by atoms with Gasteiger partial charge in [-0.15, -0.1) is 11.3 Å². The number of aryl methyl sites for hydroxylation is 1. The lowest BCUT2D eigenvalue weighted by atomic mass is 10.1. The predicted molar refractivity (Wildman–Crippen MR) is 79.5 cm³/mol. The maximum absolute atomic E-state index is 10.3. The number of aliphatic hydroxyl groups excluding tert-OH is 1. The molecule has 3 heteroatoms. The molecule has 96 valence electrons. The molecule has 0 spiro atoms. The number of aromatic nitrogens is 1. The van der Waals surface area contributed by atoms with Crippen LogP contribution in [0.5, 0.6) is 0 Å². The van der Waals surface area contributed by atoms with Gasteiger partial charge >= 0.3 is 0 Å². The van der Waals surface area contributed by atoms with Gasteiger partial charge in [0.25, 0.3) is 0 Å². The number of benzene rings is 1. The molecule has 0 saturated carbocycles. The summed E-state index contributed by atoms with van der Waals surface area (Å²) >= 11 is 1.67. The van der Waals surface area contributed by atoms with E-state index in [9.17, 15) is 5.11 Å². The van der Waals surface area contributed by atoms with Crippen molar-refractivity contribution in [2.45, 2.75) is 19.4 Å². The van der Waals surface area contributed by atoms with Gasteiger partial charge in [0.2, 0.25) is 0 Å². The van der Waals surface area contributed by atoms with Gasteiger partial charge in [-0.05, 0) is 36.1 Å². The number of hydrogen-bond acceptors (Lipinski definition) is 3. The van der Waals surface area contributed by atoms with Crippen LogP contribution in [0, 0.1) is 6.92 Å². The van der Waals surface area contributed by atoms with Crippen molar-refractivity contribution in [2.75, 3.05) is 0 Å². The second kappa shape index (κ2) is 5.11. The second-order valence-corrected chi connectivity index (χ2v) is 5.71. The summed E-state index contributed by atoms with van der Waals surface area (Å²) in [7, 11) is 0. The summed E-state index contributed by atoms with van der Waals surface area (Å²) in [5, 5.41) is 13.5. The molecule has 2 heterocycles. The van der Waals surface area contributed by atoms with Crippen molar-refractivity contribution in [2.24, 2.45) is 0 Å². The van der Waals surface area contributed by atoms with Crippen molar-refractivity contribution in [1.82, 2.24) is 4.98 Å². The van der Waals surface area contributed by atoms with Crippen molar-refractivity contribution in [3.8, 4) is 0 Å². The fourth-order valence-electron chi connectivity index (χ4n) is 2.27. The van der Waals surface area contributed by atoms with E-state index >= 15 is 0 Å². The number of nitrogens with zero attached hydrogens (tertiary/aromatic N) is 1. The predicted octanol–water partition coefficient (Wildman–Crippen LogP) is 3.88. The smallest absolute Gasteiger partial charge is 0.101 e. The van der Waals surface area contributed by atoms with Crippen LogP contribution in [0.3, 0.4) is 0 Å². The van der Waals surface area contributed by atoms with Crippen LogP contribution >= 0.6 is 11.3 Å². The zero-order chi connectivity index (χ0) is 13.2. The summed E-state index contributed by atoms with van der Waals surface area (Å²) in [5.74, 6) is 0. The standard InChI is InChI=1S/C16H15NOS/c1-11-9-15(16(18)10-12-5-4-8-19-12)17-14-7-3-2-6-13(11)14/h2-9,16,18H,10H2,1H3. The number of rotatable bonds is 3. The molecule has 0 fully saturated rings. The molecular weight excluding hydrogens is 254 g/mol. The quantitative estimate of drug-likeness (QED) is 0.782. The average Bonchev–Trinajstić information content (AvgIpc) is 2.91. The van der Waals surface area contributed by atoms with Crippen molar-refractivity contribution in [3.63, 3.8) is 0 Å². The highest BCUT2D eigenvalue weighted by atomic mass is 32.1. The van der Waals surface area contributed by atoms with Crippen LogP contribution in [0.4, 0.5) is 0 Å². The van der Waals surface area contributed by atoms with Gasteiger partial charge in [-0.2, -0.15) is 0 Å². The van der Waals surface area contributed by atoms with Crippen LogP contribution < -0.4 is 0 Å². The fourth-order valence-corrected chi connectivity index (χ4v) is 3.01. The van der Waals surface area contributed by atoms with E-state index in [1.807, 2.05) is 41.8 Å². The molecule has 3 aromatic rings. The van der Waals surface area contributed by atoms with Gasteiger partial charge in [0, 0.05) is 16.7 Å². The van der Waals surface area contributed by atoms with E-state index < -0.39 is 6.10 Å². The maximum Gasteiger partial charge on any atom is 0.101 e. The molecule has 2 nitrogen and oxygen atoms in total. The molecule has 19 heavy (non-hydrogen) atoms. The summed E-state index contributed by atoms with van der Waals surface area (Å²) in [6.07, 6.45) is 0.0876. The van der Waals surface area contributed by atoms with Crippen molar-refractivity contribution >= 4 is 22.2 Å². The largest absolute Gasteiger partial charge is 0.386 e. The third-order valence-electron chi connectivity index (χ3n) is 3.26. The lowest BCUT2D eigenvalue weighted by Gasteiger charge is -2.11. The first kappa shape index (κ1) is 12.3. The van der Waals surface area contributed by atoms with Crippen LogP contribution in [0.2, 0.25) is 0 Å². The monoisotopic (exact) mass is 269 g/mol. The van der Waals surface area contributed by atoms with E-state index in [1.54, 1.807) is 11.3 Å². The Bertz CT molecular complexity index is 691. The Labute approximate surface area is 116 Å². The first-order valence-corrected chi connectivity index (χ1v) is 7.19. The lowest BCUT2D eigenvalue weighted by molar-refractivity contribution is 0.175. The molecule has 0 saturated heterocycles. The number of para-hydroxylation sites is 1. The third kappa shape index (κ3) is 2.53. The number of aliphatic hydroxyl groups is 1. The molecule has 1 aromatic carbocycles. The molecule has 3 rings (SSSR count). The van der Waals surface area contributed by atoms with Crippen LogP contribution in [0.25, 0.3) is 10.9 Å². The molecule has 2 aromatic heterocycles. The molecular formula is C16H15NOS. The average molecular weight is 269 g/mol. The number of pyridine rings is 1. The van der Waals surface area contributed by atoms with E-state index in [0.29, 0.717) is 6.42 Å². The van der Waals surface area contributed by atoms with E-state index in [2.05, 4.69) is 18.0 Å². The molecule has 0 aliphatic carbocycles. The van der Waals surface area contributed by atoms with Crippen molar-refractivity contribution < 1.29 is 5.11 Å². The van der Waals surface area contributed by atoms with E-state index in [0.717, 1.165) is 22.2 Å².